The van der Waals surface area contributed by atoms with Crippen LogP contribution in [0.15, 0.2) is 0 Å². The van der Waals surface area contributed by atoms with Crippen molar-refractivity contribution >= 4 is 5.97 Å². The lowest BCUT2D eigenvalue weighted by Gasteiger charge is -2.69. The highest BCUT2D eigenvalue weighted by molar-refractivity contribution is 5.66. The van der Waals surface area contributed by atoms with Crippen molar-refractivity contribution in [2.45, 2.75) is 75.6 Å². The summed E-state index contributed by atoms with van der Waals surface area (Å²) in [5.41, 5.74) is -1.30. The lowest BCUT2D eigenvalue weighted by atomic mass is 9.43. The average molecular weight is 494 g/mol. The Hall–Kier alpha value is -0.770. The summed E-state index contributed by atoms with van der Waals surface area (Å²) in [5, 5.41) is 12.9. The molecule has 1 saturated heterocycles. The first-order valence-corrected chi connectivity index (χ1v) is 13.5. The number of carbonyl (C=O) groups is 1. The van der Waals surface area contributed by atoms with Crippen LogP contribution in [0.5, 0.6) is 0 Å². The Bertz CT molecular complexity index is 870. The van der Waals surface area contributed by atoms with Gasteiger partial charge in [-0.05, 0) is 31.7 Å². The zero-order valence-corrected chi connectivity index (χ0v) is 22.1. The first kappa shape index (κ1) is 24.6. The van der Waals surface area contributed by atoms with Gasteiger partial charge in [-0.15, -0.1) is 0 Å². The lowest BCUT2D eigenvalue weighted by molar-refractivity contribution is -0.277. The number of carbonyl (C=O) groups excluding carboxylic acids is 1. The summed E-state index contributed by atoms with van der Waals surface area (Å²) in [7, 11) is 7.20. The largest absolute Gasteiger partial charge is 0.462 e. The molecular weight excluding hydrogens is 450 g/mol. The summed E-state index contributed by atoms with van der Waals surface area (Å²) in [4.78, 5) is 14.9. The molecule has 0 aromatic heterocycles. The zero-order valence-electron chi connectivity index (χ0n) is 22.1. The van der Waals surface area contributed by atoms with Crippen molar-refractivity contribution < 1.29 is 33.6 Å². The third kappa shape index (κ3) is 2.72. The minimum atomic E-state index is -1.04. The van der Waals surface area contributed by atoms with E-state index in [2.05, 4.69) is 11.8 Å². The van der Waals surface area contributed by atoms with E-state index in [9.17, 15) is 9.90 Å². The molecule has 1 N–H and O–H groups in total. The highest BCUT2D eigenvalue weighted by atomic mass is 16.5. The molecule has 6 rings (SSSR count). The molecule has 0 unspecified atom stereocenters. The van der Waals surface area contributed by atoms with Crippen molar-refractivity contribution in [3.05, 3.63) is 0 Å². The van der Waals surface area contributed by atoms with Crippen LogP contribution >= 0.6 is 0 Å². The second kappa shape index (κ2) is 8.11. The van der Waals surface area contributed by atoms with Crippen LogP contribution in [0, 0.1) is 40.4 Å². The summed E-state index contributed by atoms with van der Waals surface area (Å²) < 4.78 is 30.8. The Morgan fingerprint density at radius 1 is 1.09 bits per heavy atom. The van der Waals surface area contributed by atoms with Gasteiger partial charge in [0.15, 0.2) is 0 Å². The van der Waals surface area contributed by atoms with E-state index < -0.39 is 5.60 Å². The highest BCUT2D eigenvalue weighted by Crippen LogP contribution is 2.79. The molecule has 1 heterocycles. The Morgan fingerprint density at radius 3 is 2.46 bits per heavy atom. The molecule has 0 aromatic carbocycles. The number of esters is 1. The van der Waals surface area contributed by atoms with E-state index in [0.29, 0.717) is 13.0 Å². The summed E-state index contributed by atoms with van der Waals surface area (Å²) in [5.74, 6) is -0.0732. The summed E-state index contributed by atoms with van der Waals surface area (Å²) >= 11 is 0. The molecule has 8 heteroatoms. The lowest BCUT2D eigenvalue weighted by Crippen LogP contribution is -2.76. The number of piperidine rings is 1. The normalized spacial score (nSPS) is 55.7. The number of rotatable bonds is 7. The standard InChI is InChI=1S/C27H43NO7/c1-7-28-12-25(13-31-3)9-8-18(33-5)27-16-10-15-17(32-4)11-26(30,19(16)21(15)35-14(2)29)20(24(27)28)22(34-6)23(25)27/h15-24,30H,7-13H2,1-6H3/t15-,16-,17+,18-,19-,20+,21-,22+,23-,24-,25+,26+,27+/m0/s1. The van der Waals surface area contributed by atoms with E-state index in [1.54, 1.807) is 7.11 Å². The van der Waals surface area contributed by atoms with Gasteiger partial charge >= 0.3 is 5.97 Å². The van der Waals surface area contributed by atoms with Gasteiger partial charge in [0.1, 0.15) is 6.10 Å². The zero-order chi connectivity index (χ0) is 24.9. The van der Waals surface area contributed by atoms with Crippen LogP contribution in [0.25, 0.3) is 0 Å². The summed E-state index contributed by atoms with van der Waals surface area (Å²) in [6.07, 6.45) is 2.88. The van der Waals surface area contributed by atoms with E-state index in [1.807, 2.05) is 21.3 Å². The van der Waals surface area contributed by atoms with Crippen LogP contribution in [0.3, 0.4) is 0 Å². The Kier molecular flexibility index (Phi) is 5.69. The van der Waals surface area contributed by atoms with Crippen LogP contribution in [-0.4, -0.2) is 100 Å². The van der Waals surface area contributed by atoms with Gasteiger partial charge in [-0.1, -0.05) is 6.92 Å². The fraction of sp³-hybridized carbons (Fsp3) is 0.963. The van der Waals surface area contributed by atoms with Gasteiger partial charge in [-0.3, -0.25) is 9.69 Å². The highest BCUT2D eigenvalue weighted by Gasteiger charge is 2.86. The molecule has 8 nitrogen and oxygen atoms in total. The Morgan fingerprint density at radius 2 is 1.86 bits per heavy atom. The van der Waals surface area contributed by atoms with E-state index >= 15 is 0 Å². The second-order valence-corrected chi connectivity index (χ2v) is 12.3. The maximum atomic E-state index is 12.9. The maximum Gasteiger partial charge on any atom is 0.302 e. The average Bonchev–Trinajstić information content (AvgIpc) is 3.25. The third-order valence-electron chi connectivity index (χ3n) is 11.6. The summed E-state index contributed by atoms with van der Waals surface area (Å²) in [6.45, 7) is 6.26. The van der Waals surface area contributed by atoms with Crippen molar-refractivity contribution in [1.82, 2.24) is 4.90 Å². The number of methoxy groups -OCH3 is 4. The number of hydrogen-bond acceptors (Lipinski definition) is 8. The van der Waals surface area contributed by atoms with Crippen molar-refractivity contribution in [1.29, 1.82) is 0 Å². The molecule has 0 radical (unpaired) electrons. The van der Waals surface area contributed by atoms with Gasteiger partial charge in [0.2, 0.25) is 0 Å². The second-order valence-electron chi connectivity index (χ2n) is 12.3. The summed E-state index contributed by atoms with van der Waals surface area (Å²) in [6, 6.07) is 0.149. The molecule has 5 aliphatic carbocycles. The fourth-order valence-corrected chi connectivity index (χ4v) is 11.3. The van der Waals surface area contributed by atoms with E-state index in [4.69, 9.17) is 23.7 Å². The Balaban J connectivity index is 1.62. The van der Waals surface area contributed by atoms with Gasteiger partial charge in [0.05, 0.1) is 30.5 Å². The minimum Gasteiger partial charge on any atom is -0.462 e. The number of hydrogen-bond donors (Lipinski definition) is 1. The Labute approximate surface area is 208 Å². The fourth-order valence-electron chi connectivity index (χ4n) is 11.3. The predicted molar refractivity (Wildman–Crippen MR) is 127 cm³/mol. The van der Waals surface area contributed by atoms with Gasteiger partial charge in [0.25, 0.3) is 0 Å². The van der Waals surface area contributed by atoms with Crippen LogP contribution in [0.2, 0.25) is 0 Å². The van der Waals surface area contributed by atoms with Gasteiger partial charge < -0.3 is 28.8 Å². The van der Waals surface area contributed by atoms with Gasteiger partial charge in [0, 0.05) is 88.9 Å². The quantitative estimate of drug-likeness (QED) is 0.537. The van der Waals surface area contributed by atoms with Gasteiger partial charge in [-0.25, -0.2) is 0 Å². The minimum absolute atomic E-state index is 0.0591. The first-order valence-electron chi connectivity index (χ1n) is 13.5. The van der Waals surface area contributed by atoms with E-state index in [1.165, 1.54) is 6.92 Å². The third-order valence-corrected chi connectivity index (χ3v) is 11.6. The number of fused-ring (bicyclic) bond motifs is 2. The number of likely N-dealkylation sites (tertiary alicyclic amines) is 1. The van der Waals surface area contributed by atoms with Crippen LogP contribution in [0.4, 0.5) is 0 Å². The molecule has 7 bridgehead atoms. The van der Waals surface area contributed by atoms with Crippen molar-refractivity contribution in [2.75, 3.05) is 48.1 Å². The number of aliphatic hydroxyl groups is 1. The van der Waals surface area contributed by atoms with Gasteiger partial charge in [-0.2, -0.15) is 0 Å². The van der Waals surface area contributed by atoms with Crippen LogP contribution < -0.4 is 0 Å². The molecule has 0 amide bonds. The molecule has 6 fully saturated rings. The molecule has 13 atom stereocenters. The number of ether oxygens (including phenoxy) is 5. The molecular formula is C27H43NO7. The molecule has 1 aliphatic heterocycles. The maximum absolute atomic E-state index is 12.9. The monoisotopic (exact) mass is 493 g/mol. The van der Waals surface area contributed by atoms with E-state index in [0.717, 1.165) is 32.4 Å². The van der Waals surface area contributed by atoms with E-state index in [-0.39, 0.29) is 76.8 Å². The molecule has 35 heavy (non-hydrogen) atoms. The molecule has 0 aromatic rings. The molecule has 198 valence electrons. The topological polar surface area (TPSA) is 86.7 Å². The SMILES string of the molecule is CCN1C[C@@]2(COC)CC[C@H](OC)[C@@]34[C@@H]1[C@@H]([C@@H](OC)[C@@H]23)[C@@]1(O)C[C@@H](OC)[C@@H]2C[C@H]4[C@H]1[C@H]2OC(C)=O. The predicted octanol–water partition coefficient (Wildman–Crippen LogP) is 1.73. The van der Waals surface area contributed by atoms with Crippen LogP contribution in [0.1, 0.15) is 39.5 Å². The van der Waals surface area contributed by atoms with Crippen molar-refractivity contribution in [3.8, 4) is 0 Å². The first-order chi connectivity index (χ1) is 16.8. The van der Waals surface area contributed by atoms with Crippen molar-refractivity contribution in [2.24, 2.45) is 40.4 Å². The molecule has 5 saturated carbocycles. The molecule has 1 spiro atoms. The number of nitrogens with zero attached hydrogens (tertiary/aromatic N) is 1. The molecule has 6 aliphatic rings. The van der Waals surface area contributed by atoms with Crippen molar-refractivity contribution in [3.63, 3.8) is 0 Å². The van der Waals surface area contributed by atoms with Crippen LogP contribution in [-0.2, 0) is 28.5 Å². The smallest absolute Gasteiger partial charge is 0.302 e.